The Bertz CT molecular complexity index is 591. The Labute approximate surface area is 165 Å². The molecule has 0 radical (unpaired) electrons. The topological polar surface area (TPSA) is 47.7 Å². The second-order valence-electron chi connectivity index (χ2n) is 7.99. The fourth-order valence-electron chi connectivity index (χ4n) is 4.54. The van der Waals surface area contributed by atoms with Crippen LogP contribution in [0.25, 0.3) is 0 Å². The number of benzene rings is 1. The molecule has 158 valence electrons. The fourth-order valence-corrected chi connectivity index (χ4v) is 4.54. The Balaban J connectivity index is 1.50. The highest BCUT2D eigenvalue weighted by Crippen LogP contribution is 2.35. The van der Waals surface area contributed by atoms with Gasteiger partial charge < -0.3 is 15.2 Å². The van der Waals surface area contributed by atoms with Gasteiger partial charge in [-0.05, 0) is 43.6 Å². The summed E-state index contributed by atoms with van der Waals surface area (Å²) in [5.74, 6) is 0.566. The van der Waals surface area contributed by atoms with E-state index in [2.05, 4.69) is 24.3 Å². The lowest BCUT2D eigenvalue weighted by molar-refractivity contribution is -0.185. The van der Waals surface area contributed by atoms with Gasteiger partial charge in [0.1, 0.15) is 6.23 Å². The van der Waals surface area contributed by atoms with Crippen LogP contribution in [-0.2, 0) is 9.47 Å². The van der Waals surface area contributed by atoms with Crippen LogP contribution in [0.1, 0.15) is 50.0 Å². The van der Waals surface area contributed by atoms with Crippen molar-refractivity contribution < 1.29 is 22.6 Å². The number of rotatable bonds is 7. The molecule has 1 aliphatic heterocycles. The molecule has 1 aromatic carbocycles. The van der Waals surface area contributed by atoms with Crippen molar-refractivity contribution in [2.24, 2.45) is 5.73 Å². The minimum Gasteiger partial charge on any atom is -0.377 e. The fraction of sp³-hybridized carbons (Fsp3) is 0.714. The molecule has 1 heterocycles. The highest BCUT2D eigenvalue weighted by molar-refractivity contribution is 5.19. The van der Waals surface area contributed by atoms with Crippen LogP contribution >= 0.6 is 0 Å². The van der Waals surface area contributed by atoms with E-state index in [0.717, 1.165) is 25.7 Å². The van der Waals surface area contributed by atoms with Crippen molar-refractivity contribution in [3.05, 3.63) is 35.9 Å². The molecular formula is C21H31F3N2O2. The number of nitrogens with zero attached hydrogens (tertiary/aromatic N) is 1. The molecule has 0 amide bonds. The zero-order valence-electron chi connectivity index (χ0n) is 16.4. The first kappa shape index (κ1) is 21.6. The van der Waals surface area contributed by atoms with Crippen molar-refractivity contribution in [1.82, 2.24) is 4.90 Å². The zero-order chi connectivity index (χ0) is 20.1. The van der Waals surface area contributed by atoms with Crippen LogP contribution in [-0.4, -0.2) is 55.8 Å². The molecule has 1 saturated heterocycles. The zero-order valence-corrected chi connectivity index (χ0v) is 16.4. The molecule has 0 aromatic heterocycles. The number of likely N-dealkylation sites (tertiary alicyclic amines) is 1. The quantitative estimate of drug-likeness (QED) is 0.750. The molecule has 1 aromatic rings. The third-order valence-corrected chi connectivity index (χ3v) is 6.14. The van der Waals surface area contributed by atoms with Crippen molar-refractivity contribution in [2.75, 3.05) is 20.3 Å². The van der Waals surface area contributed by atoms with Gasteiger partial charge in [-0.3, -0.25) is 4.90 Å². The highest BCUT2D eigenvalue weighted by atomic mass is 19.4. The van der Waals surface area contributed by atoms with Gasteiger partial charge in [0.05, 0.1) is 25.2 Å². The van der Waals surface area contributed by atoms with Crippen molar-refractivity contribution in [3.8, 4) is 0 Å². The summed E-state index contributed by atoms with van der Waals surface area (Å²) in [6, 6.07) is 10.1. The summed E-state index contributed by atoms with van der Waals surface area (Å²) in [5, 5.41) is 0. The molecule has 3 rings (SSSR count). The number of alkyl halides is 3. The van der Waals surface area contributed by atoms with Crippen LogP contribution in [0.3, 0.4) is 0 Å². The Morgan fingerprint density at radius 3 is 2.39 bits per heavy atom. The molecule has 2 fully saturated rings. The maximum absolute atomic E-state index is 12.9. The number of nitrogens with two attached hydrogens (primary N) is 1. The van der Waals surface area contributed by atoms with E-state index in [-0.39, 0.29) is 18.2 Å². The molecule has 2 N–H and O–H groups in total. The number of hydrogen-bond acceptors (Lipinski definition) is 4. The minimum atomic E-state index is -4.27. The Kier molecular flexibility index (Phi) is 7.36. The summed E-state index contributed by atoms with van der Waals surface area (Å²) < 4.78 is 49.8. The highest BCUT2D eigenvalue weighted by Gasteiger charge is 2.42. The SMILES string of the molecule is COC(CC(F)(F)F)N1CCC(N)C1CO[C@H]1CC[C@@H](c2ccccc2)CC1. The lowest BCUT2D eigenvalue weighted by Gasteiger charge is -2.35. The number of ether oxygens (including phenoxy) is 2. The molecule has 0 spiro atoms. The first-order chi connectivity index (χ1) is 13.4. The van der Waals surface area contributed by atoms with Crippen LogP contribution in [0.5, 0.6) is 0 Å². The van der Waals surface area contributed by atoms with Gasteiger partial charge in [-0.25, -0.2) is 0 Å². The van der Waals surface area contributed by atoms with Crippen LogP contribution in [0.4, 0.5) is 13.2 Å². The molecule has 1 saturated carbocycles. The van der Waals surface area contributed by atoms with E-state index >= 15 is 0 Å². The van der Waals surface area contributed by atoms with E-state index in [4.69, 9.17) is 15.2 Å². The second-order valence-corrected chi connectivity index (χ2v) is 7.99. The molecule has 7 heteroatoms. The standard InChI is InChI=1S/C21H31F3N2O2/c1-27-20(13-21(22,23)24)26-12-11-18(25)19(26)14-28-17-9-7-16(8-10-17)15-5-3-2-4-6-15/h2-6,16-20H,7-14,25H2,1H3/t16-,17+,18?,19?,20?. The summed E-state index contributed by atoms with van der Waals surface area (Å²) >= 11 is 0. The summed E-state index contributed by atoms with van der Waals surface area (Å²) in [6.07, 6.45) is -1.37. The predicted octanol–water partition coefficient (Wildman–Crippen LogP) is 4.06. The summed E-state index contributed by atoms with van der Waals surface area (Å²) in [7, 11) is 1.32. The molecule has 1 aliphatic carbocycles. The molecule has 0 bridgehead atoms. The number of methoxy groups -OCH3 is 1. The van der Waals surface area contributed by atoms with Gasteiger partial charge >= 0.3 is 6.18 Å². The predicted molar refractivity (Wildman–Crippen MR) is 102 cm³/mol. The molecular weight excluding hydrogens is 369 g/mol. The molecule has 2 aliphatic rings. The lowest BCUT2D eigenvalue weighted by Crippen LogP contribution is -2.50. The van der Waals surface area contributed by atoms with Gasteiger partial charge in [0, 0.05) is 19.7 Å². The molecule has 4 nitrogen and oxygen atoms in total. The van der Waals surface area contributed by atoms with E-state index in [0.29, 0.717) is 25.5 Å². The summed E-state index contributed by atoms with van der Waals surface area (Å²) in [6.45, 7) is 0.865. The van der Waals surface area contributed by atoms with Gasteiger partial charge in [-0.1, -0.05) is 30.3 Å². The maximum atomic E-state index is 12.9. The third-order valence-electron chi connectivity index (χ3n) is 6.14. The smallest absolute Gasteiger partial charge is 0.377 e. The lowest BCUT2D eigenvalue weighted by atomic mass is 9.83. The summed E-state index contributed by atoms with van der Waals surface area (Å²) in [5.41, 5.74) is 7.56. The van der Waals surface area contributed by atoms with Crippen LogP contribution in [0.2, 0.25) is 0 Å². The van der Waals surface area contributed by atoms with Gasteiger partial charge in [0.15, 0.2) is 0 Å². The average Bonchev–Trinajstić information content (AvgIpc) is 3.05. The molecule has 3 unspecified atom stereocenters. The maximum Gasteiger partial charge on any atom is 0.392 e. The van der Waals surface area contributed by atoms with Crippen molar-refractivity contribution in [2.45, 2.75) is 75.0 Å². The summed E-state index contributed by atoms with van der Waals surface area (Å²) in [4.78, 5) is 1.73. The normalized spacial score (nSPS) is 30.5. The Hall–Kier alpha value is -1.15. The van der Waals surface area contributed by atoms with E-state index < -0.39 is 18.8 Å². The first-order valence-electron chi connectivity index (χ1n) is 10.1. The number of halogens is 3. The monoisotopic (exact) mass is 400 g/mol. The van der Waals surface area contributed by atoms with Crippen molar-refractivity contribution >= 4 is 0 Å². The van der Waals surface area contributed by atoms with Crippen molar-refractivity contribution in [3.63, 3.8) is 0 Å². The second kappa shape index (κ2) is 9.57. The van der Waals surface area contributed by atoms with Gasteiger partial charge in [-0.2, -0.15) is 13.2 Å². The Morgan fingerprint density at radius 2 is 1.79 bits per heavy atom. The van der Waals surface area contributed by atoms with E-state index in [1.54, 1.807) is 4.90 Å². The largest absolute Gasteiger partial charge is 0.392 e. The first-order valence-corrected chi connectivity index (χ1v) is 10.1. The average molecular weight is 400 g/mol. The molecule has 3 atom stereocenters. The Morgan fingerprint density at radius 1 is 1.11 bits per heavy atom. The van der Waals surface area contributed by atoms with Gasteiger partial charge in [-0.15, -0.1) is 0 Å². The van der Waals surface area contributed by atoms with Crippen LogP contribution in [0.15, 0.2) is 30.3 Å². The minimum absolute atomic E-state index is 0.151. The third kappa shape index (κ3) is 5.69. The van der Waals surface area contributed by atoms with Crippen LogP contribution < -0.4 is 5.73 Å². The van der Waals surface area contributed by atoms with Gasteiger partial charge in [0.25, 0.3) is 0 Å². The van der Waals surface area contributed by atoms with E-state index in [1.165, 1.54) is 12.7 Å². The van der Waals surface area contributed by atoms with Crippen molar-refractivity contribution in [1.29, 1.82) is 0 Å². The van der Waals surface area contributed by atoms with Crippen LogP contribution in [0, 0.1) is 0 Å². The number of hydrogen-bond donors (Lipinski definition) is 1. The van der Waals surface area contributed by atoms with E-state index in [1.807, 2.05) is 6.07 Å². The molecule has 28 heavy (non-hydrogen) atoms. The van der Waals surface area contributed by atoms with Gasteiger partial charge in [0.2, 0.25) is 0 Å². The van der Waals surface area contributed by atoms with E-state index in [9.17, 15) is 13.2 Å².